The van der Waals surface area contributed by atoms with Crippen molar-refractivity contribution in [1.29, 1.82) is 0 Å². The van der Waals surface area contributed by atoms with Crippen LogP contribution in [-0.4, -0.2) is 149 Å². The smallest absolute Gasteiger partial charge is 0.306 e. The highest BCUT2D eigenvalue weighted by Crippen LogP contribution is 2.21. The summed E-state index contributed by atoms with van der Waals surface area (Å²) in [5, 5.41) is 0. The topological polar surface area (TPSA) is 316 Å². The number of carbonyl (C=O) groups excluding carboxylic acids is 12. The second-order valence-electron chi connectivity index (χ2n) is 40.1. The van der Waals surface area contributed by atoms with E-state index in [1.165, 1.54) is 193 Å². The van der Waals surface area contributed by atoms with Crippen molar-refractivity contribution in [3.05, 3.63) is 0 Å². The first-order chi connectivity index (χ1) is 70.1. The Kier molecular flexibility index (Phi) is 118. The van der Waals surface area contributed by atoms with E-state index in [1.807, 2.05) is 0 Å². The molecule has 0 saturated carbocycles. The Bertz CT molecular complexity index is 2760. The molecule has 0 radical (unpaired) electrons. The molecule has 0 spiro atoms. The van der Waals surface area contributed by atoms with Crippen LogP contribution in [0.5, 0.6) is 0 Å². The van der Waals surface area contributed by atoms with Crippen molar-refractivity contribution < 1.29 is 114 Å². The zero-order valence-corrected chi connectivity index (χ0v) is 95.2. The molecule has 0 fully saturated rings. The molecule has 848 valence electrons. The molecule has 0 bridgehead atoms. The summed E-state index contributed by atoms with van der Waals surface area (Å²) in [5.74, 6) is -3.63. The van der Waals surface area contributed by atoms with Crippen LogP contribution >= 0.6 is 0 Å². The fraction of sp³-hybridized carbons (Fsp3) is 0.900. The molecule has 0 aliphatic rings. The molecular formula is C120H224O24. The molecule has 24 nitrogen and oxygen atoms in total. The third-order valence-electron chi connectivity index (χ3n) is 25.4. The highest BCUT2D eigenvalue weighted by molar-refractivity contribution is 5.74. The first-order valence-corrected chi connectivity index (χ1v) is 60.1. The van der Waals surface area contributed by atoms with E-state index < -0.39 is 24.4 Å². The monoisotopic (exact) mass is 2050 g/mol. The first kappa shape index (κ1) is 144. The number of rotatable bonds is 104. The summed E-state index contributed by atoms with van der Waals surface area (Å²) in [4.78, 5) is 146. The minimum absolute atomic E-state index is 0.0667. The lowest BCUT2D eigenvalue weighted by atomic mass is 10.1. The molecule has 0 saturated heterocycles. The largest absolute Gasteiger partial charge is 0.462 e. The van der Waals surface area contributed by atoms with Crippen LogP contribution in [0.3, 0.4) is 0 Å². The van der Waals surface area contributed by atoms with Crippen molar-refractivity contribution in [2.45, 2.75) is 647 Å². The zero-order valence-electron chi connectivity index (χ0n) is 95.2. The predicted octanol–water partition coefficient (Wildman–Crippen LogP) is 32.9. The van der Waals surface area contributed by atoms with Gasteiger partial charge in [0.2, 0.25) is 0 Å². The summed E-state index contributed by atoms with van der Waals surface area (Å²) in [6.45, 7) is 25.6. The normalized spacial score (nSPS) is 11.0. The Morgan fingerprint density at radius 2 is 0.188 bits per heavy atom. The third-order valence-corrected chi connectivity index (χ3v) is 25.4. The Morgan fingerprint density at radius 3 is 0.278 bits per heavy atom. The summed E-state index contributed by atoms with van der Waals surface area (Å²) in [5.41, 5.74) is 0. The van der Waals surface area contributed by atoms with Crippen LogP contribution in [0.2, 0.25) is 0 Å². The zero-order chi connectivity index (χ0) is 107. The molecule has 0 N–H and O–H groups in total. The van der Waals surface area contributed by atoms with Gasteiger partial charge in [0.05, 0.1) is 0 Å². The maximum Gasteiger partial charge on any atom is 0.306 e. The molecule has 144 heavy (non-hydrogen) atoms. The van der Waals surface area contributed by atoms with E-state index in [-0.39, 0.29) is 124 Å². The number of hydrogen-bond acceptors (Lipinski definition) is 24. The van der Waals surface area contributed by atoms with Gasteiger partial charge in [0.1, 0.15) is 52.9 Å². The SMILES string of the molecule is CCCCCCCC(=O)OCC(COC(=O)CCCCCCC)OC(=O)CCCCCCC.CCCCCCCCCC(=O)OC(COC(=O)CCCCCCC)COC(=O)CCCCCCC.CCCCCCCCCC(=O)OCC(COC(=O)CCCCCCCCC)OC(=O)CCCCCCC.CCCCCCCCCC(=O)OCC(COC(=O)CCCCCCCCC)OC(=O)CCCCCCCCC. The van der Waals surface area contributed by atoms with Gasteiger partial charge in [-0.3, -0.25) is 57.5 Å². The van der Waals surface area contributed by atoms with Crippen LogP contribution in [0, 0.1) is 0 Å². The molecule has 0 amide bonds. The van der Waals surface area contributed by atoms with Gasteiger partial charge in [0.15, 0.2) is 24.4 Å². The standard InChI is InChI=1S/C33H62O6.C31H58O6.C29H54O6.C27H50O6/c1-4-7-10-13-16-19-22-25-31(34)37-28-30(39-33(36)27-24-21-18-15-12-9-6-3)29-38-32(35)26-23-20-17-14-11-8-5-2;1-4-7-10-13-15-18-20-23-29(32)35-26-28(37-31(34)25-22-17-12-9-6-3)27-36-30(33)24-21-19-16-14-11-8-5-2;1-4-7-10-13-14-17-20-23-29(32)35-26(24-33-27(30)21-18-15-11-8-5-2)25-34-28(31)22-19-16-12-9-6-3;1-4-7-10-13-16-19-25(28)31-22-24(33-27(30)21-18-15-12-9-6-3)23-32-26(29)20-17-14-11-8-5-2/h30H,4-29H2,1-3H3;28H,4-27H2,1-3H3;26H,4-25H2,1-3H3;24H,4-23H2,1-3H3. The average molecular weight is 2050 g/mol. The van der Waals surface area contributed by atoms with Gasteiger partial charge in [-0.25, -0.2) is 0 Å². The summed E-state index contributed by atoms with van der Waals surface area (Å²) < 4.78 is 65.0. The van der Waals surface area contributed by atoms with Gasteiger partial charge < -0.3 is 56.8 Å². The maximum atomic E-state index is 12.4. The molecular weight excluding hydrogens is 1830 g/mol. The minimum atomic E-state index is -0.752. The van der Waals surface area contributed by atoms with Crippen molar-refractivity contribution in [3.63, 3.8) is 0 Å². The average Bonchev–Trinajstić information content (AvgIpc) is 0.952. The highest BCUT2D eigenvalue weighted by Gasteiger charge is 2.25. The van der Waals surface area contributed by atoms with Gasteiger partial charge in [0.25, 0.3) is 0 Å². The van der Waals surface area contributed by atoms with Crippen LogP contribution in [0.15, 0.2) is 0 Å². The van der Waals surface area contributed by atoms with Crippen molar-refractivity contribution in [2.24, 2.45) is 0 Å². The van der Waals surface area contributed by atoms with E-state index in [2.05, 4.69) is 83.1 Å². The number of unbranched alkanes of at least 4 members (excludes halogenated alkanes) is 60. The van der Waals surface area contributed by atoms with Gasteiger partial charge in [-0.15, -0.1) is 0 Å². The maximum absolute atomic E-state index is 12.4. The Morgan fingerprint density at radius 1 is 0.111 bits per heavy atom. The van der Waals surface area contributed by atoms with E-state index in [1.54, 1.807) is 0 Å². The summed E-state index contributed by atoms with van der Waals surface area (Å²) in [6.07, 6.45) is 80.1. The van der Waals surface area contributed by atoms with Crippen molar-refractivity contribution in [1.82, 2.24) is 0 Å². The van der Waals surface area contributed by atoms with Gasteiger partial charge in [-0.2, -0.15) is 0 Å². The summed E-state index contributed by atoms with van der Waals surface area (Å²) >= 11 is 0. The van der Waals surface area contributed by atoms with Crippen molar-refractivity contribution >= 4 is 71.6 Å². The molecule has 0 aromatic rings. The summed E-state index contributed by atoms with van der Waals surface area (Å²) in [6, 6.07) is 0. The molecule has 0 aliphatic heterocycles. The van der Waals surface area contributed by atoms with E-state index in [4.69, 9.17) is 56.8 Å². The molecule has 24 heteroatoms. The van der Waals surface area contributed by atoms with Crippen LogP contribution in [0.25, 0.3) is 0 Å². The van der Waals surface area contributed by atoms with Gasteiger partial charge >= 0.3 is 71.6 Å². The van der Waals surface area contributed by atoms with E-state index in [0.29, 0.717) is 77.0 Å². The lowest BCUT2D eigenvalue weighted by molar-refractivity contribution is -0.167. The number of ether oxygens (including phenoxy) is 12. The third kappa shape index (κ3) is 116. The fourth-order valence-corrected chi connectivity index (χ4v) is 16.1. The van der Waals surface area contributed by atoms with Crippen LogP contribution in [0.4, 0.5) is 0 Å². The van der Waals surface area contributed by atoms with E-state index in [0.717, 1.165) is 270 Å². The van der Waals surface area contributed by atoms with Gasteiger partial charge in [-0.05, 0) is 77.0 Å². The Labute approximate surface area is 880 Å². The van der Waals surface area contributed by atoms with Crippen molar-refractivity contribution in [2.75, 3.05) is 52.9 Å². The molecule has 0 aliphatic carbocycles. The Hall–Kier alpha value is -6.36. The van der Waals surface area contributed by atoms with E-state index in [9.17, 15) is 57.5 Å². The first-order valence-electron chi connectivity index (χ1n) is 60.1. The van der Waals surface area contributed by atoms with Gasteiger partial charge in [0, 0.05) is 77.0 Å². The quantitative estimate of drug-likeness (QED) is 0.0310. The van der Waals surface area contributed by atoms with Crippen LogP contribution in [-0.2, 0) is 114 Å². The van der Waals surface area contributed by atoms with Crippen LogP contribution < -0.4 is 0 Å². The molecule has 0 aromatic heterocycles. The van der Waals surface area contributed by atoms with E-state index >= 15 is 0 Å². The Balaban J connectivity index is -0.000000909. The molecule has 0 heterocycles. The number of carbonyl (C=O) groups is 12. The van der Waals surface area contributed by atoms with Gasteiger partial charge in [-0.1, -0.05) is 468 Å². The second kappa shape index (κ2) is 119. The number of esters is 12. The predicted molar refractivity (Wildman–Crippen MR) is 583 cm³/mol. The highest BCUT2D eigenvalue weighted by atomic mass is 16.6. The second-order valence-corrected chi connectivity index (χ2v) is 40.1. The minimum Gasteiger partial charge on any atom is -0.462 e. The molecule has 0 rings (SSSR count). The molecule has 0 aromatic carbocycles. The summed E-state index contributed by atoms with van der Waals surface area (Å²) in [7, 11) is 0. The molecule has 0 unspecified atom stereocenters. The lowest BCUT2D eigenvalue weighted by Crippen LogP contribution is -2.30. The van der Waals surface area contributed by atoms with Crippen LogP contribution in [0.1, 0.15) is 622 Å². The fourth-order valence-electron chi connectivity index (χ4n) is 16.1. The van der Waals surface area contributed by atoms with Crippen molar-refractivity contribution in [3.8, 4) is 0 Å². The number of hydrogen-bond donors (Lipinski definition) is 0. The lowest BCUT2D eigenvalue weighted by Gasteiger charge is -2.18. The molecule has 0 atom stereocenters.